The highest BCUT2D eigenvalue weighted by Gasteiger charge is 2.16. The zero-order valence-corrected chi connectivity index (χ0v) is 7.94. The number of guanidine groups is 1. The van der Waals surface area contributed by atoms with Gasteiger partial charge in [-0.2, -0.15) is 0 Å². The van der Waals surface area contributed by atoms with E-state index in [4.69, 9.17) is 15.7 Å². The molecular formula is C8H17N3O2. The summed E-state index contributed by atoms with van der Waals surface area (Å²) >= 11 is 0. The van der Waals surface area contributed by atoms with E-state index in [2.05, 4.69) is 5.16 Å². The van der Waals surface area contributed by atoms with Gasteiger partial charge in [0, 0.05) is 20.2 Å². The fourth-order valence-corrected chi connectivity index (χ4v) is 1.51. The molecular weight excluding hydrogens is 170 g/mol. The fourth-order valence-electron chi connectivity index (χ4n) is 1.51. The van der Waals surface area contributed by atoms with Gasteiger partial charge in [-0.1, -0.05) is 5.16 Å². The number of hydrogen-bond acceptors (Lipinski definition) is 3. The van der Waals surface area contributed by atoms with Gasteiger partial charge in [0.05, 0.1) is 6.61 Å². The molecule has 0 amide bonds. The molecule has 1 atom stereocenters. The summed E-state index contributed by atoms with van der Waals surface area (Å²) in [5, 5.41) is 11.4. The van der Waals surface area contributed by atoms with Gasteiger partial charge in [-0.15, -0.1) is 0 Å². The Morgan fingerprint density at radius 3 is 3.08 bits per heavy atom. The van der Waals surface area contributed by atoms with Gasteiger partial charge in [-0.3, -0.25) is 0 Å². The van der Waals surface area contributed by atoms with Gasteiger partial charge in [0.2, 0.25) is 5.96 Å². The van der Waals surface area contributed by atoms with Crippen LogP contribution in [0.2, 0.25) is 0 Å². The van der Waals surface area contributed by atoms with Crippen LogP contribution in [0.3, 0.4) is 0 Å². The molecule has 1 aliphatic rings. The van der Waals surface area contributed by atoms with E-state index in [0.29, 0.717) is 5.92 Å². The molecule has 3 N–H and O–H groups in total. The van der Waals surface area contributed by atoms with Crippen LogP contribution in [-0.2, 0) is 4.74 Å². The van der Waals surface area contributed by atoms with E-state index in [0.717, 1.165) is 32.6 Å². The first-order chi connectivity index (χ1) is 6.24. The highest BCUT2D eigenvalue weighted by molar-refractivity contribution is 5.76. The molecule has 0 aromatic heterocycles. The second kappa shape index (κ2) is 4.91. The molecule has 5 heteroatoms. The van der Waals surface area contributed by atoms with Crippen LogP contribution in [0.15, 0.2) is 5.16 Å². The third kappa shape index (κ3) is 3.10. The molecule has 13 heavy (non-hydrogen) atoms. The van der Waals surface area contributed by atoms with E-state index in [9.17, 15) is 0 Å². The molecule has 0 saturated carbocycles. The average molecular weight is 187 g/mol. The minimum atomic E-state index is 0.158. The molecule has 1 aliphatic heterocycles. The second-order valence-corrected chi connectivity index (χ2v) is 3.42. The smallest absolute Gasteiger partial charge is 0.233 e. The van der Waals surface area contributed by atoms with Crippen LogP contribution < -0.4 is 5.73 Å². The standard InChI is InChI=1S/C8H17N3O2/c1-11(8(9)10-12)5-7-3-2-4-13-6-7/h7,12H,2-6H2,1H3,(H2,9,10). The molecule has 0 aromatic carbocycles. The van der Waals surface area contributed by atoms with Gasteiger partial charge in [-0.05, 0) is 18.8 Å². The third-order valence-electron chi connectivity index (χ3n) is 2.28. The van der Waals surface area contributed by atoms with Crippen LogP contribution in [0.1, 0.15) is 12.8 Å². The van der Waals surface area contributed by atoms with Crippen LogP contribution in [0, 0.1) is 5.92 Å². The van der Waals surface area contributed by atoms with E-state index >= 15 is 0 Å². The first-order valence-electron chi connectivity index (χ1n) is 4.50. The van der Waals surface area contributed by atoms with E-state index in [-0.39, 0.29) is 5.96 Å². The molecule has 1 rings (SSSR count). The maximum Gasteiger partial charge on any atom is 0.233 e. The van der Waals surface area contributed by atoms with Crippen molar-refractivity contribution in [3.8, 4) is 0 Å². The van der Waals surface area contributed by atoms with Crippen molar-refractivity contribution in [1.82, 2.24) is 4.90 Å². The van der Waals surface area contributed by atoms with Crippen molar-refractivity contribution < 1.29 is 9.94 Å². The van der Waals surface area contributed by atoms with E-state index in [1.54, 1.807) is 4.90 Å². The Morgan fingerprint density at radius 1 is 1.77 bits per heavy atom. The molecule has 1 heterocycles. The summed E-state index contributed by atoms with van der Waals surface area (Å²) in [4.78, 5) is 1.74. The maximum absolute atomic E-state index is 8.42. The van der Waals surface area contributed by atoms with Crippen LogP contribution >= 0.6 is 0 Å². The molecule has 5 nitrogen and oxygen atoms in total. The van der Waals surface area contributed by atoms with Gasteiger partial charge in [-0.25, -0.2) is 0 Å². The number of hydrogen-bond donors (Lipinski definition) is 2. The van der Waals surface area contributed by atoms with Gasteiger partial charge in [0.25, 0.3) is 0 Å². The van der Waals surface area contributed by atoms with Crippen molar-refractivity contribution in [1.29, 1.82) is 0 Å². The highest BCUT2D eigenvalue weighted by atomic mass is 16.5. The van der Waals surface area contributed by atoms with Crippen LogP contribution in [0.4, 0.5) is 0 Å². The minimum Gasteiger partial charge on any atom is -0.408 e. The number of ether oxygens (including phenoxy) is 1. The zero-order valence-electron chi connectivity index (χ0n) is 7.94. The second-order valence-electron chi connectivity index (χ2n) is 3.42. The quantitative estimate of drug-likeness (QED) is 0.277. The van der Waals surface area contributed by atoms with Gasteiger partial charge in [0.15, 0.2) is 0 Å². The Bertz CT molecular complexity index is 178. The fraction of sp³-hybridized carbons (Fsp3) is 0.875. The first kappa shape index (κ1) is 10.1. The lowest BCUT2D eigenvalue weighted by molar-refractivity contribution is 0.0482. The molecule has 76 valence electrons. The molecule has 0 radical (unpaired) electrons. The molecule has 0 aromatic rings. The monoisotopic (exact) mass is 187 g/mol. The maximum atomic E-state index is 8.42. The summed E-state index contributed by atoms with van der Waals surface area (Å²) in [6.45, 7) is 2.43. The summed E-state index contributed by atoms with van der Waals surface area (Å²) in [6, 6.07) is 0. The number of rotatable bonds is 2. The first-order valence-corrected chi connectivity index (χ1v) is 4.50. The van der Waals surface area contributed by atoms with Gasteiger partial charge in [0.1, 0.15) is 0 Å². The Morgan fingerprint density at radius 2 is 2.54 bits per heavy atom. The van der Waals surface area contributed by atoms with Crippen molar-refractivity contribution in [3.05, 3.63) is 0 Å². The Balaban J connectivity index is 2.30. The molecule has 0 aliphatic carbocycles. The minimum absolute atomic E-state index is 0.158. The van der Waals surface area contributed by atoms with Crippen molar-refractivity contribution in [2.24, 2.45) is 16.8 Å². The summed E-state index contributed by atoms with van der Waals surface area (Å²) in [6.07, 6.45) is 2.26. The largest absolute Gasteiger partial charge is 0.408 e. The Labute approximate surface area is 78.1 Å². The SMILES string of the molecule is CN(CC1CCCOC1)C(N)=NO. The summed E-state index contributed by atoms with van der Waals surface area (Å²) in [5.41, 5.74) is 5.42. The third-order valence-corrected chi connectivity index (χ3v) is 2.28. The molecule has 0 bridgehead atoms. The van der Waals surface area contributed by atoms with Crippen molar-refractivity contribution in [2.45, 2.75) is 12.8 Å². The molecule has 0 spiro atoms. The molecule has 1 unspecified atom stereocenters. The van der Waals surface area contributed by atoms with Crippen molar-refractivity contribution in [3.63, 3.8) is 0 Å². The lowest BCUT2D eigenvalue weighted by atomic mass is 10.0. The number of nitrogens with two attached hydrogens (primary N) is 1. The van der Waals surface area contributed by atoms with Crippen LogP contribution in [0.25, 0.3) is 0 Å². The van der Waals surface area contributed by atoms with E-state index < -0.39 is 0 Å². The molecule has 1 saturated heterocycles. The van der Waals surface area contributed by atoms with Crippen molar-refractivity contribution in [2.75, 3.05) is 26.8 Å². The van der Waals surface area contributed by atoms with Crippen molar-refractivity contribution >= 4 is 5.96 Å². The Kier molecular flexibility index (Phi) is 3.82. The lowest BCUT2D eigenvalue weighted by Gasteiger charge is -2.26. The van der Waals surface area contributed by atoms with E-state index in [1.807, 2.05) is 7.05 Å². The summed E-state index contributed by atoms with van der Waals surface area (Å²) in [5.74, 6) is 0.657. The highest BCUT2D eigenvalue weighted by Crippen LogP contribution is 2.13. The topological polar surface area (TPSA) is 71.1 Å². The summed E-state index contributed by atoms with van der Waals surface area (Å²) in [7, 11) is 1.81. The predicted molar refractivity (Wildman–Crippen MR) is 49.6 cm³/mol. The van der Waals surface area contributed by atoms with E-state index in [1.165, 1.54) is 0 Å². The zero-order chi connectivity index (χ0) is 9.68. The summed E-state index contributed by atoms with van der Waals surface area (Å²) < 4.78 is 5.33. The number of oxime groups is 1. The Hall–Kier alpha value is -0.970. The predicted octanol–water partition coefficient (Wildman–Crippen LogP) is 0.0487. The van der Waals surface area contributed by atoms with Gasteiger partial charge >= 0.3 is 0 Å². The normalized spacial score (nSPS) is 24.4. The number of nitrogens with zero attached hydrogens (tertiary/aromatic N) is 2. The van der Waals surface area contributed by atoms with Gasteiger partial charge < -0.3 is 20.6 Å². The molecule has 1 fully saturated rings. The van der Waals surface area contributed by atoms with Crippen LogP contribution in [0.5, 0.6) is 0 Å². The lowest BCUT2D eigenvalue weighted by Crippen LogP contribution is -2.39. The average Bonchev–Trinajstić information content (AvgIpc) is 2.18. The van der Waals surface area contributed by atoms with Crippen LogP contribution in [-0.4, -0.2) is 42.9 Å².